The first kappa shape index (κ1) is 33.4. The van der Waals surface area contributed by atoms with Crippen LogP contribution in [0.4, 0.5) is 0 Å². The van der Waals surface area contributed by atoms with Gasteiger partial charge in [-0.1, -0.05) is 58.8 Å². The van der Waals surface area contributed by atoms with Crippen molar-refractivity contribution in [1.29, 1.82) is 0 Å². The Morgan fingerprint density at radius 1 is 0.951 bits per heavy atom. The van der Waals surface area contributed by atoms with Crippen LogP contribution in [0.15, 0.2) is 10.9 Å². The fourth-order valence-corrected chi connectivity index (χ4v) is 6.57. The van der Waals surface area contributed by atoms with Gasteiger partial charge in [-0.05, 0) is 82.8 Å². The number of carbonyl (C=O) groups excluding carboxylic acids is 2. The summed E-state index contributed by atoms with van der Waals surface area (Å²) in [5.74, 6) is -0.456. The summed E-state index contributed by atoms with van der Waals surface area (Å²) in [7, 11) is 2.24. The second-order valence-corrected chi connectivity index (χ2v) is 13.6. The Labute approximate surface area is 249 Å². The van der Waals surface area contributed by atoms with Gasteiger partial charge in [-0.15, -0.1) is 0 Å². The van der Waals surface area contributed by atoms with Gasteiger partial charge in [0, 0.05) is 12.2 Å². The number of hydrogen-bond acceptors (Lipinski definition) is 4. The van der Waals surface area contributed by atoms with Crippen molar-refractivity contribution in [3.63, 3.8) is 0 Å². The Morgan fingerprint density at radius 2 is 1.56 bits per heavy atom. The smallest absolute Gasteiger partial charge is 0.331 e. The van der Waals surface area contributed by atoms with Gasteiger partial charge in [0.25, 0.3) is 11.5 Å². The van der Waals surface area contributed by atoms with E-state index in [-0.39, 0.29) is 11.1 Å². The number of rotatable bonds is 14. The zero-order chi connectivity index (χ0) is 29.9. The van der Waals surface area contributed by atoms with Gasteiger partial charge in [0.2, 0.25) is 0 Å². The molecule has 41 heavy (non-hydrogen) atoms. The number of pyridine rings is 1. The summed E-state index contributed by atoms with van der Waals surface area (Å²) in [5.41, 5.74) is 0.962. The molecule has 0 spiro atoms. The molecule has 0 aliphatic heterocycles. The van der Waals surface area contributed by atoms with E-state index >= 15 is 0 Å². The first-order chi connectivity index (χ1) is 19.6. The fraction of sp³-hybridized carbons (Fsp3) is 0.794. The zero-order valence-electron chi connectivity index (χ0n) is 26.8. The lowest BCUT2D eigenvalue weighted by Crippen LogP contribution is -2.53. The molecule has 0 bridgehead atoms. The van der Waals surface area contributed by atoms with Gasteiger partial charge in [-0.2, -0.15) is 0 Å². The van der Waals surface area contributed by atoms with Gasteiger partial charge in [-0.3, -0.25) is 9.59 Å². The number of esters is 1. The average molecular weight is 573 g/mol. The topological polar surface area (TPSA) is 77.4 Å². The van der Waals surface area contributed by atoms with E-state index in [1.54, 1.807) is 13.8 Å². The van der Waals surface area contributed by atoms with Crippen LogP contribution < -0.4 is 10.9 Å². The number of unbranched alkanes of at least 4 members (excludes halogenated alkanes) is 2. The molecule has 1 heterocycles. The van der Waals surface area contributed by atoms with Crippen LogP contribution in [0.25, 0.3) is 0 Å². The molecule has 1 fully saturated rings. The third kappa shape index (κ3) is 9.69. The molecule has 2 aliphatic carbocycles. The van der Waals surface area contributed by atoms with Crippen molar-refractivity contribution in [2.45, 2.75) is 136 Å². The van der Waals surface area contributed by atoms with E-state index in [2.05, 4.69) is 26.2 Å². The first-order valence-electron chi connectivity index (χ1n) is 16.7. The summed E-state index contributed by atoms with van der Waals surface area (Å²) in [6.07, 6.45) is 16.9. The van der Waals surface area contributed by atoms with Gasteiger partial charge in [-0.25, -0.2) is 4.79 Å². The summed E-state index contributed by atoms with van der Waals surface area (Å²) < 4.78 is 8.54. The normalized spacial score (nSPS) is 16.9. The minimum atomic E-state index is -1.24. The highest BCUT2D eigenvalue weighted by Crippen LogP contribution is 2.27. The predicted molar refractivity (Wildman–Crippen MR) is 166 cm³/mol. The maximum absolute atomic E-state index is 13.8. The minimum Gasteiger partial charge on any atom is -0.458 e. The Kier molecular flexibility index (Phi) is 12.9. The fourth-order valence-electron chi connectivity index (χ4n) is 6.57. The maximum Gasteiger partial charge on any atom is 0.331 e. The van der Waals surface area contributed by atoms with Crippen LogP contribution in [-0.2, 0) is 28.9 Å². The Balaban J connectivity index is 1.74. The van der Waals surface area contributed by atoms with Crippen molar-refractivity contribution in [2.24, 2.45) is 5.92 Å². The number of ether oxygens (including phenoxy) is 1. The number of aromatic nitrogens is 1. The van der Waals surface area contributed by atoms with Crippen LogP contribution in [0.5, 0.6) is 0 Å². The number of nitrogens with zero attached hydrogens (tertiary/aromatic N) is 2. The Bertz CT molecular complexity index is 1050. The van der Waals surface area contributed by atoms with Crippen molar-refractivity contribution in [2.75, 3.05) is 33.3 Å². The monoisotopic (exact) mass is 572 g/mol. The lowest BCUT2D eigenvalue weighted by molar-refractivity contribution is -0.910. The molecule has 0 unspecified atom stereocenters. The van der Waals surface area contributed by atoms with E-state index in [0.717, 1.165) is 99.6 Å². The third-order valence-corrected chi connectivity index (χ3v) is 9.41. The molecular weight excluding hydrogens is 514 g/mol. The molecule has 3 rings (SSSR count). The number of aryl methyl sites for hydroxylation is 1. The number of fused-ring (bicyclic) bond motifs is 1. The van der Waals surface area contributed by atoms with E-state index in [4.69, 9.17) is 4.74 Å². The van der Waals surface area contributed by atoms with Crippen molar-refractivity contribution in [1.82, 2.24) is 9.88 Å². The van der Waals surface area contributed by atoms with Crippen molar-refractivity contribution in [3.8, 4) is 0 Å². The minimum absolute atomic E-state index is 0.157. The van der Waals surface area contributed by atoms with Crippen LogP contribution in [-0.4, -0.2) is 59.8 Å². The quantitative estimate of drug-likeness (QED) is 0.213. The highest BCUT2D eigenvalue weighted by Gasteiger charge is 2.34. The molecule has 7 nitrogen and oxygen atoms in total. The van der Waals surface area contributed by atoms with E-state index < -0.39 is 17.4 Å². The van der Waals surface area contributed by atoms with Crippen LogP contribution in [0.3, 0.4) is 0 Å². The highest BCUT2D eigenvalue weighted by molar-refractivity contribution is 5.97. The number of quaternary nitrogens is 1. The Hall–Kier alpha value is -2.15. The summed E-state index contributed by atoms with van der Waals surface area (Å²) >= 11 is 0. The molecular formula is C34H58N3O4+. The molecule has 1 amide bonds. The van der Waals surface area contributed by atoms with E-state index in [1.165, 1.54) is 32.1 Å². The average Bonchev–Trinajstić information content (AvgIpc) is 2.93. The predicted octanol–water partition coefficient (Wildman–Crippen LogP) is 6.19. The number of amides is 1. The first-order valence-corrected chi connectivity index (χ1v) is 16.7. The summed E-state index contributed by atoms with van der Waals surface area (Å²) in [4.78, 5) is 40.6. The van der Waals surface area contributed by atoms with Gasteiger partial charge in [0.15, 0.2) is 0 Å². The van der Waals surface area contributed by atoms with Crippen molar-refractivity contribution >= 4 is 11.9 Å². The molecule has 0 radical (unpaired) electrons. The second-order valence-electron chi connectivity index (χ2n) is 13.6. The standard InChI is InChI=1S/C34H57N3O4/c1-6-8-21-37(5,22-9-7-2)23-24-41-33(40)34(3,4)35-31(38)29-25-28-19-15-10-11-16-20-30(28)36(32(29)39)26-27-17-13-12-14-18-27/h25,27H,6-24,26H2,1-5H3/p+1. The van der Waals surface area contributed by atoms with Crippen LogP contribution in [0.1, 0.15) is 133 Å². The number of carbonyl (C=O) groups is 2. The summed E-state index contributed by atoms with van der Waals surface area (Å²) in [5, 5.41) is 2.86. The molecule has 2 aliphatic rings. The number of nitrogens with one attached hydrogen (secondary N) is 1. The SMILES string of the molecule is CCCC[N+](C)(CCCC)CCOC(=O)C(C)(C)NC(=O)c1cc2c(n(CC3CCCCC3)c1=O)CCCCCC2. The molecule has 1 aromatic heterocycles. The molecule has 232 valence electrons. The van der Waals surface area contributed by atoms with Gasteiger partial charge in [0.05, 0.1) is 20.1 Å². The number of likely N-dealkylation sites (N-methyl/N-ethyl adjacent to an activating group) is 1. The van der Waals surface area contributed by atoms with Crippen LogP contribution in [0.2, 0.25) is 0 Å². The third-order valence-electron chi connectivity index (χ3n) is 9.41. The van der Waals surface area contributed by atoms with Gasteiger partial charge >= 0.3 is 5.97 Å². The van der Waals surface area contributed by atoms with E-state index in [1.807, 2.05) is 10.6 Å². The molecule has 1 N–H and O–H groups in total. The lowest BCUT2D eigenvalue weighted by atomic mass is 9.88. The molecule has 7 heteroatoms. The van der Waals surface area contributed by atoms with Crippen molar-refractivity contribution < 1.29 is 18.8 Å². The van der Waals surface area contributed by atoms with Gasteiger partial charge < -0.3 is 19.1 Å². The lowest BCUT2D eigenvalue weighted by Gasteiger charge is -2.35. The molecule has 1 aromatic rings. The largest absolute Gasteiger partial charge is 0.458 e. The summed E-state index contributed by atoms with van der Waals surface area (Å²) in [6, 6.07) is 1.82. The molecule has 1 saturated carbocycles. The van der Waals surface area contributed by atoms with Gasteiger partial charge in [0.1, 0.15) is 24.3 Å². The molecule has 0 atom stereocenters. The summed E-state index contributed by atoms with van der Waals surface area (Å²) in [6.45, 7) is 11.6. The van der Waals surface area contributed by atoms with E-state index in [0.29, 0.717) is 19.1 Å². The molecule has 0 aromatic carbocycles. The number of hydrogen-bond donors (Lipinski definition) is 1. The highest BCUT2D eigenvalue weighted by atomic mass is 16.5. The molecule has 0 saturated heterocycles. The van der Waals surface area contributed by atoms with Crippen LogP contribution in [0, 0.1) is 5.92 Å². The van der Waals surface area contributed by atoms with Crippen LogP contribution >= 0.6 is 0 Å². The van der Waals surface area contributed by atoms with Crippen molar-refractivity contribution in [3.05, 3.63) is 33.2 Å². The maximum atomic E-state index is 13.8. The zero-order valence-corrected chi connectivity index (χ0v) is 26.8. The second kappa shape index (κ2) is 15.9. The Morgan fingerprint density at radius 3 is 2.20 bits per heavy atom. The van der Waals surface area contributed by atoms with E-state index in [9.17, 15) is 14.4 Å².